The third kappa shape index (κ3) is 3.25. The van der Waals surface area contributed by atoms with Crippen LogP contribution in [0.15, 0.2) is 6.07 Å². The van der Waals surface area contributed by atoms with Gasteiger partial charge in [0.15, 0.2) is 0 Å². The maximum absolute atomic E-state index is 5.64. The summed E-state index contributed by atoms with van der Waals surface area (Å²) >= 11 is 0. The molecule has 0 aromatic carbocycles. The van der Waals surface area contributed by atoms with Crippen molar-refractivity contribution in [1.82, 2.24) is 9.97 Å². The zero-order chi connectivity index (χ0) is 12.1. The first-order valence-corrected chi connectivity index (χ1v) is 5.65. The predicted octanol–water partition coefficient (Wildman–Crippen LogP) is 1.81. The molecule has 0 saturated carbocycles. The molecule has 1 aromatic rings. The lowest BCUT2D eigenvalue weighted by Gasteiger charge is -2.13. The van der Waals surface area contributed by atoms with Gasteiger partial charge in [0.25, 0.3) is 0 Å². The Morgan fingerprint density at radius 3 is 2.50 bits per heavy atom. The smallest absolute Gasteiger partial charge is 0.133 e. The molecule has 4 heteroatoms. The molecular formula is C12H21N3O. The number of nitrogens with two attached hydrogens (primary N) is 1. The Morgan fingerprint density at radius 1 is 1.31 bits per heavy atom. The van der Waals surface area contributed by atoms with Crippen molar-refractivity contribution in [3.8, 4) is 0 Å². The van der Waals surface area contributed by atoms with Crippen LogP contribution >= 0.6 is 0 Å². The summed E-state index contributed by atoms with van der Waals surface area (Å²) in [6, 6.07) is 2.00. The Hall–Kier alpha value is -1.00. The normalized spacial score (nSPS) is 13.1. The van der Waals surface area contributed by atoms with Crippen LogP contribution in [0.2, 0.25) is 0 Å². The van der Waals surface area contributed by atoms with Gasteiger partial charge in [-0.2, -0.15) is 0 Å². The first-order valence-electron chi connectivity index (χ1n) is 5.65. The number of hydrogen-bond donors (Lipinski definition) is 1. The van der Waals surface area contributed by atoms with Gasteiger partial charge < -0.3 is 10.5 Å². The minimum Gasteiger partial charge on any atom is -0.378 e. The van der Waals surface area contributed by atoms with Gasteiger partial charge >= 0.3 is 0 Å². The molecule has 0 bridgehead atoms. The first kappa shape index (κ1) is 13.1. The zero-order valence-corrected chi connectivity index (χ0v) is 10.5. The molecule has 1 atom stereocenters. The second-order valence-corrected chi connectivity index (χ2v) is 4.37. The number of methoxy groups -OCH3 is 1. The maximum atomic E-state index is 5.64. The van der Waals surface area contributed by atoms with Crippen molar-refractivity contribution >= 4 is 0 Å². The Bertz CT molecular complexity index is 339. The molecule has 1 aromatic heterocycles. The molecular weight excluding hydrogens is 202 g/mol. The van der Waals surface area contributed by atoms with Crippen LogP contribution in [0, 0.1) is 0 Å². The summed E-state index contributed by atoms with van der Waals surface area (Å²) in [7, 11) is 1.67. The van der Waals surface area contributed by atoms with Gasteiger partial charge in [-0.05, 0) is 12.0 Å². The quantitative estimate of drug-likeness (QED) is 0.827. The van der Waals surface area contributed by atoms with Crippen molar-refractivity contribution in [2.24, 2.45) is 5.73 Å². The molecule has 16 heavy (non-hydrogen) atoms. The summed E-state index contributed by atoms with van der Waals surface area (Å²) in [5.74, 6) is 1.40. The summed E-state index contributed by atoms with van der Waals surface area (Å²) in [5, 5.41) is 0. The molecule has 0 aliphatic carbocycles. The van der Waals surface area contributed by atoms with Crippen LogP contribution in [0.4, 0.5) is 0 Å². The molecule has 90 valence electrons. The van der Waals surface area contributed by atoms with E-state index in [2.05, 4.69) is 23.8 Å². The summed E-state index contributed by atoms with van der Waals surface area (Å²) in [4.78, 5) is 9.00. The fourth-order valence-electron chi connectivity index (χ4n) is 1.38. The van der Waals surface area contributed by atoms with Crippen LogP contribution < -0.4 is 5.73 Å². The predicted molar refractivity (Wildman–Crippen MR) is 64.3 cm³/mol. The molecule has 0 radical (unpaired) electrons. The Morgan fingerprint density at radius 2 is 2.00 bits per heavy atom. The zero-order valence-electron chi connectivity index (χ0n) is 10.5. The van der Waals surface area contributed by atoms with E-state index in [1.807, 2.05) is 13.0 Å². The lowest BCUT2D eigenvalue weighted by atomic mass is 10.1. The van der Waals surface area contributed by atoms with Crippen molar-refractivity contribution < 1.29 is 4.74 Å². The molecule has 1 rings (SSSR count). The lowest BCUT2D eigenvalue weighted by molar-refractivity contribution is 0.181. The van der Waals surface area contributed by atoms with Crippen molar-refractivity contribution in [2.75, 3.05) is 13.7 Å². The van der Waals surface area contributed by atoms with Gasteiger partial charge in [0.05, 0.1) is 12.3 Å². The average Bonchev–Trinajstić information content (AvgIpc) is 2.28. The van der Waals surface area contributed by atoms with E-state index in [0.717, 1.165) is 17.2 Å². The maximum Gasteiger partial charge on any atom is 0.133 e. The standard InChI is InChI=1S/C12H21N3O/c1-8(2)11-5-10(7-16-4)14-12(15-11)9(3)6-13/h5,8-9H,6-7,13H2,1-4H3. The number of aromatic nitrogens is 2. The molecule has 0 spiro atoms. The molecule has 2 N–H and O–H groups in total. The van der Waals surface area contributed by atoms with Crippen molar-refractivity contribution in [1.29, 1.82) is 0 Å². The number of hydrogen-bond acceptors (Lipinski definition) is 4. The minimum absolute atomic E-state index is 0.189. The molecule has 0 saturated heterocycles. The van der Waals surface area contributed by atoms with E-state index >= 15 is 0 Å². The van der Waals surface area contributed by atoms with E-state index in [1.165, 1.54) is 0 Å². The fourth-order valence-corrected chi connectivity index (χ4v) is 1.38. The van der Waals surface area contributed by atoms with E-state index < -0.39 is 0 Å². The third-order valence-corrected chi connectivity index (χ3v) is 2.49. The first-order chi connectivity index (χ1) is 7.58. The lowest BCUT2D eigenvalue weighted by Crippen LogP contribution is -2.15. The second-order valence-electron chi connectivity index (χ2n) is 4.37. The average molecular weight is 223 g/mol. The number of rotatable bonds is 5. The molecule has 0 amide bonds. The Kier molecular flexibility index (Phi) is 4.83. The van der Waals surface area contributed by atoms with Crippen LogP contribution in [-0.2, 0) is 11.3 Å². The molecule has 0 aliphatic heterocycles. The Labute approximate surface area is 97.2 Å². The third-order valence-electron chi connectivity index (χ3n) is 2.49. The highest BCUT2D eigenvalue weighted by Crippen LogP contribution is 2.17. The number of nitrogens with zero attached hydrogens (tertiary/aromatic N) is 2. The monoisotopic (exact) mass is 223 g/mol. The van der Waals surface area contributed by atoms with Crippen molar-refractivity contribution in [3.05, 3.63) is 23.3 Å². The fraction of sp³-hybridized carbons (Fsp3) is 0.667. The van der Waals surface area contributed by atoms with Crippen LogP contribution in [-0.4, -0.2) is 23.6 Å². The highest BCUT2D eigenvalue weighted by molar-refractivity contribution is 5.15. The molecule has 1 unspecified atom stereocenters. The minimum atomic E-state index is 0.189. The van der Waals surface area contributed by atoms with Gasteiger partial charge in [0.1, 0.15) is 5.82 Å². The van der Waals surface area contributed by atoms with Crippen LogP contribution in [0.1, 0.15) is 49.8 Å². The van der Waals surface area contributed by atoms with E-state index in [0.29, 0.717) is 19.1 Å². The topological polar surface area (TPSA) is 61.0 Å². The molecule has 4 nitrogen and oxygen atoms in total. The van der Waals surface area contributed by atoms with E-state index in [9.17, 15) is 0 Å². The highest BCUT2D eigenvalue weighted by Gasteiger charge is 2.12. The van der Waals surface area contributed by atoms with Gasteiger partial charge in [0.2, 0.25) is 0 Å². The number of ether oxygens (including phenoxy) is 1. The van der Waals surface area contributed by atoms with Gasteiger partial charge in [-0.15, -0.1) is 0 Å². The van der Waals surface area contributed by atoms with Crippen LogP contribution in [0.25, 0.3) is 0 Å². The molecule has 1 heterocycles. The second kappa shape index (κ2) is 5.92. The van der Waals surface area contributed by atoms with Gasteiger partial charge in [0, 0.05) is 25.3 Å². The van der Waals surface area contributed by atoms with Gasteiger partial charge in [-0.25, -0.2) is 9.97 Å². The largest absolute Gasteiger partial charge is 0.378 e. The summed E-state index contributed by atoms with van der Waals surface area (Å²) < 4.78 is 5.11. The van der Waals surface area contributed by atoms with E-state index in [-0.39, 0.29) is 5.92 Å². The van der Waals surface area contributed by atoms with E-state index in [1.54, 1.807) is 7.11 Å². The summed E-state index contributed by atoms with van der Waals surface area (Å²) in [6.45, 7) is 7.36. The van der Waals surface area contributed by atoms with E-state index in [4.69, 9.17) is 10.5 Å². The molecule has 0 fully saturated rings. The van der Waals surface area contributed by atoms with Crippen molar-refractivity contribution in [3.63, 3.8) is 0 Å². The van der Waals surface area contributed by atoms with Crippen LogP contribution in [0.3, 0.4) is 0 Å². The van der Waals surface area contributed by atoms with Gasteiger partial charge in [-0.1, -0.05) is 20.8 Å². The van der Waals surface area contributed by atoms with Crippen LogP contribution in [0.5, 0.6) is 0 Å². The van der Waals surface area contributed by atoms with Crippen molar-refractivity contribution in [2.45, 2.75) is 39.2 Å². The molecule has 0 aliphatic rings. The Balaban J connectivity index is 3.08. The highest BCUT2D eigenvalue weighted by atomic mass is 16.5. The summed E-state index contributed by atoms with van der Waals surface area (Å²) in [6.07, 6.45) is 0. The summed E-state index contributed by atoms with van der Waals surface area (Å²) in [5.41, 5.74) is 7.62. The van der Waals surface area contributed by atoms with Gasteiger partial charge in [-0.3, -0.25) is 0 Å². The SMILES string of the molecule is COCc1cc(C(C)C)nc(C(C)CN)n1.